The molecule has 0 aromatic carbocycles. The summed E-state index contributed by atoms with van der Waals surface area (Å²) in [5.74, 6) is 0.212. The Hall–Kier alpha value is -0.0700. The topological polar surface area (TPSA) is 47.6 Å². The summed E-state index contributed by atoms with van der Waals surface area (Å²) in [5, 5.41) is 6.61. The molecule has 0 bridgehead atoms. The predicted octanol–water partition coefficient (Wildman–Crippen LogP) is 1.11. The van der Waals surface area contributed by atoms with Crippen molar-refractivity contribution in [3.05, 3.63) is 0 Å². The van der Waals surface area contributed by atoms with Crippen molar-refractivity contribution in [1.29, 1.82) is 0 Å². The minimum atomic E-state index is 0. The average Bonchev–Trinajstić information content (AvgIpc) is 2.48. The normalized spacial score (nSPS) is 26.6. The van der Waals surface area contributed by atoms with Gasteiger partial charge in [-0.05, 0) is 32.9 Å². The Morgan fingerprint density at radius 1 is 1.18 bits per heavy atom. The molecule has 1 amide bonds. The average molecular weight is 355 g/mol. The van der Waals surface area contributed by atoms with E-state index >= 15 is 0 Å². The van der Waals surface area contributed by atoms with Crippen LogP contribution < -0.4 is 10.6 Å². The molecule has 2 heterocycles. The maximum atomic E-state index is 12.0. The lowest BCUT2D eigenvalue weighted by Crippen LogP contribution is -2.52. The highest BCUT2D eigenvalue weighted by atomic mass is 35.5. The van der Waals surface area contributed by atoms with Crippen LogP contribution in [0.1, 0.15) is 33.1 Å². The van der Waals surface area contributed by atoms with Gasteiger partial charge in [0, 0.05) is 51.2 Å². The molecule has 0 spiro atoms. The summed E-state index contributed by atoms with van der Waals surface area (Å²) in [6, 6.07) is 0.717. The number of carbonyl (C=O) groups excluding carboxylic acids is 1. The summed E-state index contributed by atoms with van der Waals surface area (Å²) >= 11 is 0. The standard InChI is InChI=1S/C15H30N4O.2ClH/c1-3-18-9-11-19(12-10-18)8-6-15(20)17-14-5-4-7-16-13(14)2;;/h13-14,16H,3-12H2,1-2H3,(H,17,20);2*1H. The first-order valence-corrected chi connectivity index (χ1v) is 8.16. The van der Waals surface area contributed by atoms with E-state index in [1.54, 1.807) is 0 Å². The van der Waals surface area contributed by atoms with Gasteiger partial charge in [0.15, 0.2) is 0 Å². The Labute approximate surface area is 147 Å². The molecule has 2 aliphatic heterocycles. The van der Waals surface area contributed by atoms with Gasteiger partial charge in [0.1, 0.15) is 0 Å². The van der Waals surface area contributed by atoms with Gasteiger partial charge in [-0.3, -0.25) is 4.79 Å². The van der Waals surface area contributed by atoms with Crippen LogP contribution in [-0.4, -0.2) is 73.6 Å². The van der Waals surface area contributed by atoms with Crippen LogP contribution in [0.3, 0.4) is 0 Å². The van der Waals surface area contributed by atoms with Gasteiger partial charge < -0.3 is 20.4 Å². The third-order valence-electron chi connectivity index (χ3n) is 4.68. The van der Waals surface area contributed by atoms with E-state index in [0.717, 1.165) is 58.7 Å². The van der Waals surface area contributed by atoms with Crippen LogP contribution in [0.5, 0.6) is 0 Å². The Morgan fingerprint density at radius 2 is 1.82 bits per heavy atom. The lowest BCUT2D eigenvalue weighted by molar-refractivity contribution is -0.122. The van der Waals surface area contributed by atoms with Crippen LogP contribution in [0, 0.1) is 0 Å². The van der Waals surface area contributed by atoms with E-state index in [2.05, 4.69) is 34.3 Å². The maximum absolute atomic E-state index is 12.0. The lowest BCUT2D eigenvalue weighted by atomic mass is 10.00. The smallest absolute Gasteiger partial charge is 0.221 e. The van der Waals surface area contributed by atoms with Crippen molar-refractivity contribution in [2.24, 2.45) is 0 Å². The van der Waals surface area contributed by atoms with Crippen LogP contribution in [0.15, 0.2) is 0 Å². The van der Waals surface area contributed by atoms with Gasteiger partial charge >= 0.3 is 0 Å². The molecular formula is C15H32Cl2N4O. The summed E-state index contributed by atoms with van der Waals surface area (Å²) in [6.07, 6.45) is 2.90. The molecule has 2 unspecified atom stereocenters. The van der Waals surface area contributed by atoms with Crippen molar-refractivity contribution in [3.8, 4) is 0 Å². The minimum Gasteiger partial charge on any atom is -0.352 e. The highest BCUT2D eigenvalue weighted by molar-refractivity contribution is 5.85. The Kier molecular flexibility index (Phi) is 11.4. The fourth-order valence-electron chi connectivity index (χ4n) is 3.11. The Balaban J connectivity index is 0.00000220. The van der Waals surface area contributed by atoms with Crippen LogP contribution in [0.4, 0.5) is 0 Å². The number of nitrogens with one attached hydrogen (secondary N) is 2. The minimum absolute atomic E-state index is 0. The molecule has 0 saturated carbocycles. The molecular weight excluding hydrogens is 323 g/mol. The van der Waals surface area contributed by atoms with Gasteiger partial charge in [0.05, 0.1) is 0 Å². The number of rotatable bonds is 5. The number of likely N-dealkylation sites (N-methyl/N-ethyl adjacent to an activating group) is 1. The number of carbonyl (C=O) groups is 1. The van der Waals surface area contributed by atoms with E-state index in [1.165, 1.54) is 0 Å². The van der Waals surface area contributed by atoms with Gasteiger partial charge in [-0.25, -0.2) is 0 Å². The molecule has 2 fully saturated rings. The Bertz CT molecular complexity index is 312. The first kappa shape index (κ1) is 21.9. The highest BCUT2D eigenvalue weighted by Crippen LogP contribution is 2.08. The van der Waals surface area contributed by atoms with Crippen LogP contribution in [0.25, 0.3) is 0 Å². The van der Waals surface area contributed by atoms with Gasteiger partial charge in [0.2, 0.25) is 5.91 Å². The van der Waals surface area contributed by atoms with Crippen molar-refractivity contribution in [2.45, 2.75) is 45.2 Å². The monoisotopic (exact) mass is 354 g/mol. The largest absolute Gasteiger partial charge is 0.352 e. The number of amides is 1. The molecule has 22 heavy (non-hydrogen) atoms. The summed E-state index contributed by atoms with van der Waals surface area (Å²) < 4.78 is 0. The van der Waals surface area contributed by atoms with E-state index in [4.69, 9.17) is 0 Å². The lowest BCUT2D eigenvalue weighted by Gasteiger charge is -2.34. The van der Waals surface area contributed by atoms with E-state index in [9.17, 15) is 4.79 Å². The molecule has 0 radical (unpaired) electrons. The number of nitrogens with zero attached hydrogens (tertiary/aromatic N) is 2. The van der Waals surface area contributed by atoms with Crippen molar-refractivity contribution in [3.63, 3.8) is 0 Å². The number of hydrogen-bond donors (Lipinski definition) is 2. The summed E-state index contributed by atoms with van der Waals surface area (Å²) in [5.41, 5.74) is 0. The second-order valence-electron chi connectivity index (χ2n) is 6.08. The molecule has 2 aliphatic rings. The highest BCUT2D eigenvalue weighted by Gasteiger charge is 2.22. The molecule has 2 rings (SSSR count). The van der Waals surface area contributed by atoms with Crippen LogP contribution >= 0.6 is 24.8 Å². The number of hydrogen-bond acceptors (Lipinski definition) is 4. The van der Waals surface area contributed by atoms with Crippen LogP contribution in [0.2, 0.25) is 0 Å². The molecule has 2 atom stereocenters. The predicted molar refractivity (Wildman–Crippen MR) is 96.3 cm³/mol. The van der Waals surface area contributed by atoms with Crippen LogP contribution in [-0.2, 0) is 4.79 Å². The quantitative estimate of drug-likeness (QED) is 0.776. The number of piperidine rings is 1. The second-order valence-corrected chi connectivity index (χ2v) is 6.08. The molecule has 132 valence electrons. The van der Waals surface area contributed by atoms with E-state index < -0.39 is 0 Å². The third kappa shape index (κ3) is 7.01. The Morgan fingerprint density at radius 3 is 2.41 bits per heavy atom. The molecule has 2 N–H and O–H groups in total. The zero-order valence-corrected chi connectivity index (χ0v) is 15.5. The fraction of sp³-hybridized carbons (Fsp3) is 0.933. The maximum Gasteiger partial charge on any atom is 0.221 e. The van der Waals surface area contributed by atoms with Gasteiger partial charge in [-0.1, -0.05) is 6.92 Å². The van der Waals surface area contributed by atoms with Crippen molar-refractivity contribution in [1.82, 2.24) is 20.4 Å². The van der Waals surface area contributed by atoms with Gasteiger partial charge in [-0.2, -0.15) is 0 Å². The molecule has 0 aromatic rings. The molecule has 7 heteroatoms. The summed E-state index contributed by atoms with van der Waals surface area (Å²) in [6.45, 7) is 12.0. The summed E-state index contributed by atoms with van der Waals surface area (Å²) in [7, 11) is 0. The van der Waals surface area contributed by atoms with Crippen molar-refractivity contribution in [2.75, 3.05) is 45.8 Å². The zero-order chi connectivity index (χ0) is 14.4. The molecule has 2 saturated heterocycles. The molecule has 0 aromatic heterocycles. The van der Waals surface area contributed by atoms with Crippen molar-refractivity contribution < 1.29 is 4.79 Å². The third-order valence-corrected chi connectivity index (χ3v) is 4.68. The number of piperazine rings is 1. The zero-order valence-electron chi connectivity index (χ0n) is 13.8. The fourth-order valence-corrected chi connectivity index (χ4v) is 3.11. The van der Waals surface area contributed by atoms with E-state index in [0.29, 0.717) is 18.5 Å². The van der Waals surface area contributed by atoms with E-state index in [-0.39, 0.29) is 30.7 Å². The first-order valence-electron chi connectivity index (χ1n) is 8.16. The second kappa shape index (κ2) is 11.5. The molecule has 0 aliphatic carbocycles. The first-order chi connectivity index (χ1) is 9.69. The SMILES string of the molecule is CCN1CCN(CCC(=O)NC2CCCNC2C)CC1.Cl.Cl. The number of halogens is 2. The summed E-state index contributed by atoms with van der Waals surface area (Å²) in [4.78, 5) is 16.9. The van der Waals surface area contributed by atoms with Gasteiger partial charge in [-0.15, -0.1) is 24.8 Å². The van der Waals surface area contributed by atoms with Gasteiger partial charge in [0.25, 0.3) is 0 Å². The molecule has 5 nitrogen and oxygen atoms in total. The van der Waals surface area contributed by atoms with E-state index in [1.807, 2.05) is 0 Å². The van der Waals surface area contributed by atoms with Crippen molar-refractivity contribution >= 4 is 30.7 Å².